The van der Waals surface area contributed by atoms with E-state index < -0.39 is 0 Å². The highest BCUT2D eigenvalue weighted by Crippen LogP contribution is 2.41. The van der Waals surface area contributed by atoms with Gasteiger partial charge in [-0.05, 0) is 25.5 Å². The maximum atomic E-state index is 6.17. The molecule has 3 rings (SSSR count). The van der Waals surface area contributed by atoms with E-state index >= 15 is 0 Å². The van der Waals surface area contributed by atoms with Crippen LogP contribution in [0, 0.1) is 6.92 Å². The average Bonchev–Trinajstić information content (AvgIpc) is 2.99. The molecule has 0 spiro atoms. The third-order valence-electron chi connectivity index (χ3n) is 3.45. The molecule has 0 amide bonds. The Labute approximate surface area is 146 Å². The van der Waals surface area contributed by atoms with Gasteiger partial charge < -0.3 is 10.1 Å². The largest absolute Gasteiger partial charge is 0.457 e. The number of ether oxygens (including phenoxy) is 1. The molecule has 0 saturated heterocycles. The first-order valence-corrected chi connectivity index (χ1v) is 9.66. The van der Waals surface area contributed by atoms with Crippen molar-refractivity contribution in [3.05, 3.63) is 75.8 Å². The molecular weight excluding hydrogens is 322 g/mol. The molecule has 2 aromatic rings. The molecule has 4 heteroatoms. The predicted molar refractivity (Wildman–Crippen MR) is 100 cm³/mol. The SMILES string of the molecule is CCCSC1=C(Sc2ccc(C)cc2)NC(c2ccccc2)O1. The smallest absolute Gasteiger partial charge is 0.197 e. The predicted octanol–water partition coefficient (Wildman–Crippen LogP) is 5.68. The van der Waals surface area contributed by atoms with Gasteiger partial charge in [-0.25, -0.2) is 0 Å². The minimum absolute atomic E-state index is 0.0940. The molecule has 2 aromatic carbocycles. The molecule has 1 heterocycles. The second kappa shape index (κ2) is 7.84. The quantitative estimate of drug-likeness (QED) is 0.728. The van der Waals surface area contributed by atoms with Crippen molar-refractivity contribution >= 4 is 23.5 Å². The van der Waals surface area contributed by atoms with Gasteiger partial charge in [-0.2, -0.15) is 0 Å². The summed E-state index contributed by atoms with van der Waals surface area (Å²) in [7, 11) is 0. The zero-order valence-electron chi connectivity index (χ0n) is 13.4. The first kappa shape index (κ1) is 16.3. The highest BCUT2D eigenvalue weighted by Gasteiger charge is 2.27. The molecule has 23 heavy (non-hydrogen) atoms. The van der Waals surface area contributed by atoms with Gasteiger partial charge in [-0.15, -0.1) is 0 Å². The molecule has 0 bridgehead atoms. The standard InChI is InChI=1S/C19H21NOS2/c1-3-13-22-19-18(23-16-11-9-14(2)10-12-16)20-17(21-19)15-7-5-4-6-8-15/h4-12,17,20H,3,13H2,1-2H3. The average molecular weight is 344 g/mol. The second-order valence-corrected chi connectivity index (χ2v) is 7.58. The first-order valence-electron chi connectivity index (χ1n) is 7.86. The van der Waals surface area contributed by atoms with Crippen LogP contribution in [0.5, 0.6) is 0 Å². The van der Waals surface area contributed by atoms with Gasteiger partial charge in [0.15, 0.2) is 11.3 Å². The molecule has 1 aliphatic heterocycles. The van der Waals surface area contributed by atoms with Crippen molar-refractivity contribution in [2.75, 3.05) is 5.75 Å². The molecular formula is C19H21NOS2. The fourth-order valence-corrected chi connectivity index (χ4v) is 4.09. The lowest BCUT2D eigenvalue weighted by Gasteiger charge is -2.13. The van der Waals surface area contributed by atoms with Crippen LogP contribution in [-0.2, 0) is 4.74 Å². The Hall–Kier alpha value is -1.52. The summed E-state index contributed by atoms with van der Waals surface area (Å²) in [5.41, 5.74) is 2.43. The van der Waals surface area contributed by atoms with Crippen LogP contribution in [0.25, 0.3) is 0 Å². The maximum Gasteiger partial charge on any atom is 0.197 e. The van der Waals surface area contributed by atoms with E-state index in [2.05, 4.69) is 55.6 Å². The molecule has 0 saturated carbocycles. The van der Waals surface area contributed by atoms with Crippen LogP contribution in [0.2, 0.25) is 0 Å². The van der Waals surface area contributed by atoms with Gasteiger partial charge in [-0.1, -0.05) is 78.5 Å². The molecule has 1 aliphatic rings. The zero-order valence-corrected chi connectivity index (χ0v) is 15.0. The lowest BCUT2D eigenvalue weighted by atomic mass is 10.2. The zero-order chi connectivity index (χ0) is 16.1. The summed E-state index contributed by atoms with van der Waals surface area (Å²) < 4.78 is 6.17. The second-order valence-electron chi connectivity index (χ2n) is 5.43. The summed E-state index contributed by atoms with van der Waals surface area (Å²) in [5.74, 6) is 1.07. The van der Waals surface area contributed by atoms with Crippen molar-refractivity contribution in [3.63, 3.8) is 0 Å². The number of aryl methyl sites for hydroxylation is 1. The molecule has 0 aromatic heterocycles. The van der Waals surface area contributed by atoms with Crippen molar-refractivity contribution in [2.45, 2.75) is 31.4 Å². The summed E-state index contributed by atoms with van der Waals surface area (Å²) in [6.07, 6.45) is 1.04. The molecule has 0 aliphatic carbocycles. The molecule has 1 N–H and O–H groups in total. The summed E-state index contributed by atoms with van der Waals surface area (Å²) in [4.78, 5) is 1.23. The van der Waals surface area contributed by atoms with Gasteiger partial charge in [0.25, 0.3) is 0 Å². The van der Waals surface area contributed by atoms with Gasteiger partial charge in [-0.3, -0.25) is 0 Å². The Balaban J connectivity index is 1.76. The van der Waals surface area contributed by atoms with Crippen LogP contribution in [0.15, 0.2) is 69.6 Å². The topological polar surface area (TPSA) is 21.3 Å². The van der Waals surface area contributed by atoms with E-state index in [0.29, 0.717) is 0 Å². The van der Waals surface area contributed by atoms with Crippen LogP contribution in [0.1, 0.15) is 30.7 Å². The van der Waals surface area contributed by atoms with E-state index in [1.54, 1.807) is 23.5 Å². The summed E-state index contributed by atoms with van der Waals surface area (Å²) in [5, 5.41) is 5.65. The van der Waals surface area contributed by atoms with Crippen molar-refractivity contribution in [3.8, 4) is 0 Å². The van der Waals surface area contributed by atoms with Crippen LogP contribution in [0.4, 0.5) is 0 Å². The van der Waals surface area contributed by atoms with Gasteiger partial charge in [0.2, 0.25) is 0 Å². The van der Waals surface area contributed by atoms with E-state index in [0.717, 1.165) is 27.9 Å². The summed E-state index contributed by atoms with van der Waals surface area (Å²) in [6, 6.07) is 18.9. The number of hydrogen-bond acceptors (Lipinski definition) is 4. The first-order chi connectivity index (χ1) is 11.3. The fourth-order valence-electron chi connectivity index (χ4n) is 2.24. The fraction of sp³-hybridized carbons (Fsp3) is 0.263. The Morgan fingerprint density at radius 3 is 2.48 bits per heavy atom. The van der Waals surface area contributed by atoms with E-state index in [4.69, 9.17) is 4.74 Å². The Bertz CT molecular complexity index is 668. The molecule has 120 valence electrons. The maximum absolute atomic E-state index is 6.17. The Morgan fingerprint density at radius 2 is 1.78 bits per heavy atom. The van der Waals surface area contributed by atoms with Crippen molar-refractivity contribution < 1.29 is 4.74 Å². The third-order valence-corrected chi connectivity index (χ3v) is 5.77. The van der Waals surface area contributed by atoms with Gasteiger partial charge in [0.05, 0.1) is 0 Å². The number of benzene rings is 2. The normalized spacial score (nSPS) is 17.0. The van der Waals surface area contributed by atoms with Crippen molar-refractivity contribution in [2.24, 2.45) is 0 Å². The molecule has 2 nitrogen and oxygen atoms in total. The van der Waals surface area contributed by atoms with Crippen LogP contribution >= 0.6 is 23.5 Å². The Morgan fingerprint density at radius 1 is 1.04 bits per heavy atom. The van der Waals surface area contributed by atoms with E-state index in [9.17, 15) is 0 Å². The highest BCUT2D eigenvalue weighted by molar-refractivity contribution is 8.06. The highest BCUT2D eigenvalue weighted by atomic mass is 32.2. The van der Waals surface area contributed by atoms with E-state index in [-0.39, 0.29) is 6.23 Å². The minimum Gasteiger partial charge on any atom is -0.457 e. The van der Waals surface area contributed by atoms with E-state index in [1.165, 1.54) is 10.5 Å². The molecule has 1 unspecified atom stereocenters. The van der Waals surface area contributed by atoms with E-state index in [1.807, 2.05) is 18.2 Å². The van der Waals surface area contributed by atoms with Crippen LogP contribution < -0.4 is 5.32 Å². The number of rotatable bonds is 6. The van der Waals surface area contributed by atoms with Crippen molar-refractivity contribution in [1.82, 2.24) is 5.32 Å². The summed E-state index contributed by atoms with van der Waals surface area (Å²) >= 11 is 3.53. The number of thioether (sulfide) groups is 2. The number of hydrogen-bond donors (Lipinski definition) is 1. The minimum atomic E-state index is -0.0940. The molecule has 1 atom stereocenters. The van der Waals surface area contributed by atoms with Gasteiger partial charge in [0, 0.05) is 16.2 Å². The lowest BCUT2D eigenvalue weighted by Crippen LogP contribution is -2.14. The third kappa shape index (κ3) is 4.27. The molecule has 0 radical (unpaired) electrons. The molecule has 0 fully saturated rings. The van der Waals surface area contributed by atoms with Crippen LogP contribution in [0.3, 0.4) is 0 Å². The van der Waals surface area contributed by atoms with Gasteiger partial charge >= 0.3 is 0 Å². The lowest BCUT2D eigenvalue weighted by molar-refractivity contribution is 0.147. The Kier molecular flexibility index (Phi) is 5.57. The van der Waals surface area contributed by atoms with Gasteiger partial charge in [0.1, 0.15) is 5.03 Å². The monoisotopic (exact) mass is 343 g/mol. The summed E-state index contributed by atoms with van der Waals surface area (Å²) in [6.45, 7) is 4.30. The van der Waals surface area contributed by atoms with Crippen LogP contribution in [-0.4, -0.2) is 5.75 Å². The van der Waals surface area contributed by atoms with Crippen molar-refractivity contribution in [1.29, 1.82) is 0 Å². The number of nitrogens with one attached hydrogen (secondary N) is 1.